The second-order valence-corrected chi connectivity index (χ2v) is 5.60. The van der Waals surface area contributed by atoms with Crippen molar-refractivity contribution in [1.29, 1.82) is 0 Å². The van der Waals surface area contributed by atoms with E-state index in [1.807, 2.05) is 6.92 Å². The summed E-state index contributed by atoms with van der Waals surface area (Å²) in [6.07, 6.45) is 2.38. The average Bonchev–Trinajstić information content (AvgIpc) is 2.41. The van der Waals surface area contributed by atoms with Crippen LogP contribution >= 0.6 is 15.9 Å². The lowest BCUT2D eigenvalue weighted by Crippen LogP contribution is -2.08. The van der Waals surface area contributed by atoms with Crippen LogP contribution in [-0.4, -0.2) is 6.29 Å². The number of aryl methyl sites for hydroxylation is 1. The molecule has 0 radical (unpaired) electrons. The number of alkyl halides is 1. The first-order valence-corrected chi connectivity index (χ1v) is 5.31. The van der Waals surface area contributed by atoms with Crippen molar-refractivity contribution in [3.8, 4) is 0 Å². The Kier molecular flexibility index (Phi) is 2.22. The van der Waals surface area contributed by atoms with Gasteiger partial charge in [0, 0.05) is 4.32 Å². The predicted molar refractivity (Wildman–Crippen MR) is 56.4 cm³/mol. The van der Waals surface area contributed by atoms with Gasteiger partial charge in [0.05, 0.1) is 5.56 Å². The molecule has 0 aliphatic heterocycles. The van der Waals surface area contributed by atoms with Crippen LogP contribution in [0.15, 0.2) is 12.1 Å². The highest BCUT2D eigenvalue weighted by atomic mass is 79.9. The highest BCUT2D eigenvalue weighted by Gasteiger charge is 2.32. The predicted octanol–water partition coefficient (Wildman–Crippen LogP) is 3.19. The first-order valence-electron chi connectivity index (χ1n) is 4.51. The summed E-state index contributed by atoms with van der Waals surface area (Å²) in [5.74, 6) is -0.413. The van der Waals surface area contributed by atoms with Crippen LogP contribution < -0.4 is 0 Å². The standard InChI is InChI=1S/C11H10BrFO/c1-11(12)3-2-7-5-10(13)8(6-14)4-9(7)11/h4-6H,2-3H2,1H3. The highest BCUT2D eigenvalue weighted by molar-refractivity contribution is 9.09. The van der Waals surface area contributed by atoms with E-state index in [2.05, 4.69) is 15.9 Å². The maximum absolute atomic E-state index is 13.3. The van der Waals surface area contributed by atoms with Gasteiger partial charge < -0.3 is 0 Å². The minimum atomic E-state index is -0.413. The van der Waals surface area contributed by atoms with Gasteiger partial charge in [-0.1, -0.05) is 15.9 Å². The lowest BCUT2D eigenvalue weighted by atomic mass is 10.0. The van der Waals surface area contributed by atoms with Crippen molar-refractivity contribution < 1.29 is 9.18 Å². The van der Waals surface area contributed by atoms with Gasteiger partial charge in [-0.15, -0.1) is 0 Å². The number of fused-ring (bicyclic) bond motifs is 1. The second-order valence-electron chi connectivity index (χ2n) is 3.85. The third-order valence-corrected chi connectivity index (χ3v) is 3.60. The normalized spacial score (nSPS) is 24.8. The fraction of sp³-hybridized carbons (Fsp3) is 0.364. The monoisotopic (exact) mass is 256 g/mol. The molecule has 1 aliphatic rings. The number of rotatable bonds is 1. The lowest BCUT2D eigenvalue weighted by Gasteiger charge is -2.16. The minimum Gasteiger partial charge on any atom is -0.298 e. The maximum Gasteiger partial charge on any atom is 0.153 e. The maximum atomic E-state index is 13.3. The molecule has 14 heavy (non-hydrogen) atoms. The third kappa shape index (κ3) is 1.40. The van der Waals surface area contributed by atoms with E-state index in [1.165, 1.54) is 6.07 Å². The van der Waals surface area contributed by atoms with Gasteiger partial charge in [0.2, 0.25) is 0 Å². The topological polar surface area (TPSA) is 17.1 Å². The Bertz CT molecular complexity index is 399. The number of carbonyl (C=O) groups is 1. The minimum absolute atomic E-state index is 0.103. The van der Waals surface area contributed by atoms with Crippen LogP contribution in [0, 0.1) is 5.82 Å². The molecule has 0 fully saturated rings. The van der Waals surface area contributed by atoms with Crippen molar-refractivity contribution in [3.05, 3.63) is 34.6 Å². The van der Waals surface area contributed by atoms with Crippen molar-refractivity contribution in [3.63, 3.8) is 0 Å². The molecular weight excluding hydrogens is 247 g/mol. The molecule has 0 N–H and O–H groups in total. The molecule has 1 aromatic rings. The van der Waals surface area contributed by atoms with Crippen molar-refractivity contribution in [2.45, 2.75) is 24.1 Å². The third-order valence-electron chi connectivity index (χ3n) is 2.77. The highest BCUT2D eigenvalue weighted by Crippen LogP contribution is 2.44. The van der Waals surface area contributed by atoms with Gasteiger partial charge in [0.25, 0.3) is 0 Å². The Balaban J connectivity index is 2.62. The van der Waals surface area contributed by atoms with Gasteiger partial charge in [0.15, 0.2) is 6.29 Å². The number of benzene rings is 1. The molecule has 2 rings (SSSR count). The average molecular weight is 257 g/mol. The molecule has 0 bridgehead atoms. The van der Waals surface area contributed by atoms with E-state index in [0.717, 1.165) is 24.0 Å². The molecule has 74 valence electrons. The molecular formula is C11H10BrFO. The number of halogens is 2. The second kappa shape index (κ2) is 3.16. The molecule has 0 heterocycles. The molecule has 1 atom stereocenters. The zero-order valence-corrected chi connectivity index (χ0v) is 9.40. The van der Waals surface area contributed by atoms with Crippen LogP contribution in [0.4, 0.5) is 4.39 Å². The summed E-state index contributed by atoms with van der Waals surface area (Å²) >= 11 is 3.59. The van der Waals surface area contributed by atoms with Crippen LogP contribution in [0.1, 0.15) is 34.8 Å². The molecule has 1 aromatic carbocycles. The van der Waals surface area contributed by atoms with Crippen LogP contribution in [-0.2, 0) is 10.7 Å². The van der Waals surface area contributed by atoms with Crippen LogP contribution in [0.3, 0.4) is 0 Å². The van der Waals surface area contributed by atoms with Crippen LogP contribution in [0.5, 0.6) is 0 Å². The quantitative estimate of drug-likeness (QED) is 0.557. The van der Waals surface area contributed by atoms with E-state index in [4.69, 9.17) is 0 Å². The molecule has 1 aliphatic carbocycles. The summed E-state index contributed by atoms with van der Waals surface area (Å²) in [5.41, 5.74) is 2.20. The summed E-state index contributed by atoms with van der Waals surface area (Å²) in [7, 11) is 0. The SMILES string of the molecule is CC1(Br)CCc2cc(F)c(C=O)cc21. The largest absolute Gasteiger partial charge is 0.298 e. The van der Waals surface area contributed by atoms with Gasteiger partial charge in [0.1, 0.15) is 5.82 Å². The smallest absolute Gasteiger partial charge is 0.153 e. The van der Waals surface area contributed by atoms with Crippen molar-refractivity contribution in [1.82, 2.24) is 0 Å². The molecule has 3 heteroatoms. The first kappa shape index (κ1) is 9.84. The molecule has 1 unspecified atom stereocenters. The number of hydrogen-bond donors (Lipinski definition) is 0. The Morgan fingerprint density at radius 1 is 1.57 bits per heavy atom. The van der Waals surface area contributed by atoms with Gasteiger partial charge in [-0.2, -0.15) is 0 Å². The van der Waals surface area contributed by atoms with Gasteiger partial charge in [-0.25, -0.2) is 4.39 Å². The summed E-state index contributed by atoms with van der Waals surface area (Å²) in [4.78, 5) is 10.6. The molecule has 0 saturated carbocycles. The van der Waals surface area contributed by atoms with Crippen molar-refractivity contribution in [2.24, 2.45) is 0 Å². The Hall–Kier alpha value is -0.700. The van der Waals surface area contributed by atoms with E-state index < -0.39 is 5.82 Å². The van der Waals surface area contributed by atoms with Crippen LogP contribution in [0.2, 0.25) is 0 Å². The fourth-order valence-electron chi connectivity index (χ4n) is 1.92. The summed E-state index contributed by atoms with van der Waals surface area (Å²) in [5, 5.41) is 0. The molecule has 0 amide bonds. The Morgan fingerprint density at radius 3 is 2.93 bits per heavy atom. The van der Waals surface area contributed by atoms with E-state index >= 15 is 0 Å². The number of hydrogen-bond acceptors (Lipinski definition) is 1. The lowest BCUT2D eigenvalue weighted by molar-refractivity contribution is 0.111. The first-order chi connectivity index (χ1) is 6.54. The van der Waals surface area contributed by atoms with E-state index in [1.54, 1.807) is 6.07 Å². The molecule has 0 spiro atoms. The Morgan fingerprint density at radius 2 is 2.29 bits per heavy atom. The van der Waals surface area contributed by atoms with E-state index in [9.17, 15) is 9.18 Å². The molecule has 0 aromatic heterocycles. The van der Waals surface area contributed by atoms with Gasteiger partial charge in [-0.05, 0) is 43.0 Å². The van der Waals surface area contributed by atoms with Gasteiger partial charge in [-0.3, -0.25) is 4.79 Å². The van der Waals surface area contributed by atoms with E-state index in [0.29, 0.717) is 6.29 Å². The van der Waals surface area contributed by atoms with Crippen LogP contribution in [0.25, 0.3) is 0 Å². The molecule has 0 saturated heterocycles. The number of aldehydes is 1. The van der Waals surface area contributed by atoms with Crippen molar-refractivity contribution >= 4 is 22.2 Å². The Labute approximate surface area is 90.4 Å². The zero-order chi connectivity index (χ0) is 10.3. The molecule has 1 nitrogen and oxygen atoms in total. The van der Waals surface area contributed by atoms with E-state index in [-0.39, 0.29) is 9.89 Å². The summed E-state index contributed by atoms with van der Waals surface area (Å²) < 4.78 is 13.1. The summed E-state index contributed by atoms with van der Waals surface area (Å²) in [6.45, 7) is 2.05. The number of carbonyl (C=O) groups excluding carboxylic acids is 1. The van der Waals surface area contributed by atoms with Gasteiger partial charge >= 0.3 is 0 Å². The fourth-order valence-corrected chi connectivity index (χ4v) is 2.49. The van der Waals surface area contributed by atoms with Crippen molar-refractivity contribution in [2.75, 3.05) is 0 Å². The summed E-state index contributed by atoms with van der Waals surface area (Å²) in [6, 6.07) is 3.13. The zero-order valence-electron chi connectivity index (χ0n) is 7.81.